The number of benzene rings is 2. The van der Waals surface area contributed by atoms with Gasteiger partial charge in [-0.15, -0.1) is 5.10 Å². The predicted molar refractivity (Wildman–Crippen MR) is 97.8 cm³/mol. The van der Waals surface area contributed by atoms with Crippen LogP contribution in [-0.4, -0.2) is 15.2 Å². The first-order valence-electron chi connectivity index (χ1n) is 7.73. The summed E-state index contributed by atoms with van der Waals surface area (Å²) in [7, 11) is 0. The fourth-order valence-electron chi connectivity index (χ4n) is 2.42. The Bertz CT molecular complexity index is 860. The molecule has 0 aliphatic carbocycles. The van der Waals surface area contributed by atoms with Crippen molar-refractivity contribution in [3.63, 3.8) is 0 Å². The number of aryl methyl sites for hydroxylation is 2. The Balaban J connectivity index is 1.72. The lowest BCUT2D eigenvalue weighted by molar-refractivity contribution is 0.627. The van der Waals surface area contributed by atoms with Gasteiger partial charge in [0.15, 0.2) is 5.82 Å². The maximum Gasteiger partial charge on any atom is 0.244 e. The number of hydrogen-bond acceptors (Lipinski definition) is 5. The normalized spacial score (nSPS) is 10.6. The number of nitrogens with zero attached hydrogens (tertiary/aromatic N) is 3. The molecule has 128 valence electrons. The highest BCUT2D eigenvalue weighted by atomic mass is 35.5. The van der Waals surface area contributed by atoms with Crippen molar-refractivity contribution in [1.29, 1.82) is 0 Å². The molecule has 0 unspecified atom stereocenters. The van der Waals surface area contributed by atoms with E-state index in [1.54, 1.807) is 12.1 Å². The fourth-order valence-corrected chi connectivity index (χ4v) is 2.79. The van der Waals surface area contributed by atoms with E-state index < -0.39 is 0 Å². The highest BCUT2D eigenvalue weighted by Gasteiger charge is 2.08. The van der Waals surface area contributed by atoms with Crippen LogP contribution in [0.4, 0.5) is 21.8 Å². The SMILES string of the molecule is Cc1cc(C)c(Nc2cnnc(NCc3ccc(F)cc3)n2)c(Cl)c1. The van der Waals surface area contributed by atoms with E-state index in [1.165, 1.54) is 18.3 Å². The van der Waals surface area contributed by atoms with Crippen molar-refractivity contribution in [3.05, 3.63) is 70.1 Å². The van der Waals surface area contributed by atoms with Crippen molar-refractivity contribution in [2.45, 2.75) is 20.4 Å². The average Bonchev–Trinajstić information content (AvgIpc) is 2.58. The first-order chi connectivity index (χ1) is 12.0. The monoisotopic (exact) mass is 357 g/mol. The summed E-state index contributed by atoms with van der Waals surface area (Å²) in [5.74, 6) is 0.638. The minimum absolute atomic E-state index is 0.266. The molecule has 0 atom stereocenters. The number of nitrogens with one attached hydrogen (secondary N) is 2. The van der Waals surface area contributed by atoms with Crippen molar-refractivity contribution in [3.8, 4) is 0 Å². The number of halogens is 2. The molecule has 1 heterocycles. The van der Waals surface area contributed by atoms with Gasteiger partial charge in [0, 0.05) is 6.54 Å². The highest BCUT2D eigenvalue weighted by Crippen LogP contribution is 2.29. The molecule has 0 radical (unpaired) electrons. The molecule has 0 aliphatic heterocycles. The molecule has 0 spiro atoms. The Morgan fingerprint density at radius 2 is 1.88 bits per heavy atom. The third kappa shape index (κ3) is 4.42. The van der Waals surface area contributed by atoms with Crippen molar-refractivity contribution in [1.82, 2.24) is 15.2 Å². The summed E-state index contributed by atoms with van der Waals surface area (Å²) >= 11 is 6.31. The Morgan fingerprint density at radius 3 is 2.60 bits per heavy atom. The van der Waals surface area contributed by atoms with Crippen LogP contribution in [0.1, 0.15) is 16.7 Å². The van der Waals surface area contributed by atoms with Gasteiger partial charge in [-0.3, -0.25) is 0 Å². The van der Waals surface area contributed by atoms with Crippen LogP contribution in [0.15, 0.2) is 42.6 Å². The van der Waals surface area contributed by atoms with Crippen LogP contribution in [0.3, 0.4) is 0 Å². The summed E-state index contributed by atoms with van der Waals surface area (Å²) < 4.78 is 12.9. The molecule has 2 N–H and O–H groups in total. The fraction of sp³-hybridized carbons (Fsp3) is 0.167. The lowest BCUT2D eigenvalue weighted by Crippen LogP contribution is -2.07. The lowest BCUT2D eigenvalue weighted by Gasteiger charge is -2.12. The number of rotatable bonds is 5. The molecule has 0 amide bonds. The van der Waals surface area contributed by atoms with Crippen LogP contribution in [0.25, 0.3) is 0 Å². The van der Waals surface area contributed by atoms with Crippen LogP contribution in [-0.2, 0) is 6.54 Å². The Hall–Kier alpha value is -2.73. The van der Waals surface area contributed by atoms with Crippen molar-refractivity contribution >= 4 is 29.1 Å². The van der Waals surface area contributed by atoms with Gasteiger partial charge in [-0.1, -0.05) is 29.8 Å². The Morgan fingerprint density at radius 1 is 1.12 bits per heavy atom. The van der Waals surface area contributed by atoms with Gasteiger partial charge in [0.05, 0.1) is 16.9 Å². The van der Waals surface area contributed by atoms with Gasteiger partial charge in [-0.25, -0.2) is 4.39 Å². The average molecular weight is 358 g/mol. The third-order valence-corrected chi connectivity index (χ3v) is 3.91. The first-order valence-corrected chi connectivity index (χ1v) is 8.11. The molecule has 0 saturated carbocycles. The van der Waals surface area contributed by atoms with Crippen molar-refractivity contribution in [2.24, 2.45) is 0 Å². The van der Waals surface area contributed by atoms with Crippen LogP contribution in [0.2, 0.25) is 5.02 Å². The topological polar surface area (TPSA) is 62.7 Å². The summed E-state index contributed by atoms with van der Waals surface area (Å²) in [4.78, 5) is 4.38. The number of hydrogen-bond donors (Lipinski definition) is 2. The van der Waals surface area contributed by atoms with E-state index >= 15 is 0 Å². The molecule has 2 aromatic carbocycles. The van der Waals surface area contributed by atoms with Gasteiger partial charge in [0.1, 0.15) is 5.82 Å². The van der Waals surface area contributed by atoms with Crippen LogP contribution >= 0.6 is 11.6 Å². The molecular formula is C18H17ClFN5. The minimum Gasteiger partial charge on any atom is -0.349 e. The minimum atomic E-state index is -0.266. The van der Waals surface area contributed by atoms with E-state index in [4.69, 9.17) is 11.6 Å². The first kappa shape index (κ1) is 17.1. The molecule has 25 heavy (non-hydrogen) atoms. The van der Waals surface area contributed by atoms with E-state index in [-0.39, 0.29) is 5.82 Å². The maximum atomic E-state index is 12.9. The van der Waals surface area contributed by atoms with E-state index in [0.29, 0.717) is 23.3 Å². The Labute approximate surface area is 150 Å². The van der Waals surface area contributed by atoms with E-state index in [2.05, 4.69) is 25.8 Å². The summed E-state index contributed by atoms with van der Waals surface area (Å²) in [6, 6.07) is 10.2. The molecule has 0 bridgehead atoms. The van der Waals surface area contributed by atoms with Gasteiger partial charge in [0.2, 0.25) is 5.95 Å². The van der Waals surface area contributed by atoms with Gasteiger partial charge in [0.25, 0.3) is 0 Å². The number of aromatic nitrogens is 3. The second-order valence-electron chi connectivity index (χ2n) is 5.71. The van der Waals surface area contributed by atoms with Crippen LogP contribution < -0.4 is 10.6 Å². The van der Waals surface area contributed by atoms with Gasteiger partial charge < -0.3 is 10.6 Å². The smallest absolute Gasteiger partial charge is 0.244 e. The molecule has 0 aliphatic rings. The molecule has 7 heteroatoms. The summed E-state index contributed by atoms with van der Waals surface area (Å²) in [6.07, 6.45) is 1.53. The van der Waals surface area contributed by atoms with Crippen molar-refractivity contribution < 1.29 is 4.39 Å². The summed E-state index contributed by atoms with van der Waals surface area (Å²) in [5.41, 5.74) is 3.82. The van der Waals surface area contributed by atoms with Crippen LogP contribution in [0, 0.1) is 19.7 Å². The molecular weight excluding hydrogens is 341 g/mol. The zero-order chi connectivity index (χ0) is 17.8. The molecule has 0 saturated heterocycles. The Kier molecular flexibility index (Phi) is 5.09. The second-order valence-corrected chi connectivity index (χ2v) is 6.12. The second kappa shape index (κ2) is 7.44. The lowest BCUT2D eigenvalue weighted by atomic mass is 10.1. The molecule has 1 aromatic heterocycles. The van der Waals surface area contributed by atoms with Gasteiger partial charge in [-0.2, -0.15) is 10.1 Å². The third-order valence-electron chi connectivity index (χ3n) is 3.61. The predicted octanol–water partition coefficient (Wildman–Crippen LogP) is 4.64. The maximum absolute atomic E-state index is 12.9. The zero-order valence-electron chi connectivity index (χ0n) is 13.8. The number of anilines is 3. The van der Waals surface area contributed by atoms with Gasteiger partial charge in [-0.05, 0) is 48.7 Å². The van der Waals surface area contributed by atoms with Crippen molar-refractivity contribution in [2.75, 3.05) is 10.6 Å². The molecule has 3 rings (SSSR count). The standard InChI is InChI=1S/C18H17ClFN5/c1-11-7-12(2)17(15(19)8-11)23-16-10-22-25-18(24-16)21-9-13-3-5-14(20)6-4-13/h3-8,10H,9H2,1-2H3,(H2,21,23,24,25). The largest absolute Gasteiger partial charge is 0.349 e. The van der Waals surface area contributed by atoms with E-state index in [9.17, 15) is 4.39 Å². The van der Waals surface area contributed by atoms with E-state index in [1.807, 2.05) is 26.0 Å². The van der Waals surface area contributed by atoms with E-state index in [0.717, 1.165) is 22.4 Å². The summed E-state index contributed by atoms with van der Waals surface area (Å²) in [6.45, 7) is 4.44. The highest BCUT2D eigenvalue weighted by molar-refractivity contribution is 6.33. The summed E-state index contributed by atoms with van der Waals surface area (Å²) in [5, 5.41) is 14.8. The zero-order valence-corrected chi connectivity index (χ0v) is 14.6. The van der Waals surface area contributed by atoms with Gasteiger partial charge >= 0.3 is 0 Å². The molecule has 0 fully saturated rings. The molecule has 3 aromatic rings. The molecule has 5 nitrogen and oxygen atoms in total. The quantitative estimate of drug-likeness (QED) is 0.696. The van der Waals surface area contributed by atoms with Crippen LogP contribution in [0.5, 0.6) is 0 Å².